The maximum atomic E-state index is 13.0. The van der Waals surface area contributed by atoms with Crippen LogP contribution in [0, 0.1) is 5.82 Å². The largest absolute Gasteiger partial charge is 0.389 e. The Balaban J connectivity index is 2.48. The van der Waals surface area contributed by atoms with Crippen LogP contribution >= 0.6 is 12.2 Å². The van der Waals surface area contributed by atoms with E-state index in [0.29, 0.717) is 17.1 Å². The van der Waals surface area contributed by atoms with Crippen LogP contribution < -0.4 is 11.1 Å². The van der Waals surface area contributed by atoms with Gasteiger partial charge < -0.3 is 11.1 Å². The van der Waals surface area contributed by atoms with Gasteiger partial charge >= 0.3 is 0 Å². The van der Waals surface area contributed by atoms with E-state index in [1.807, 2.05) is 13.8 Å². The third-order valence-electron chi connectivity index (χ3n) is 3.20. The molecule has 1 aromatic heterocycles. The summed E-state index contributed by atoms with van der Waals surface area (Å²) in [6.07, 6.45) is 1.53. The molecule has 4 nitrogen and oxygen atoms in total. The lowest BCUT2D eigenvalue weighted by Crippen LogP contribution is -2.18. The minimum atomic E-state index is -0.295. The SMILES string of the molecule is CCc1nnc(Nc2ccc(F)cc2)c(C(N)=S)c1CC. The first-order valence-electron chi connectivity index (χ1n) is 6.77. The van der Waals surface area contributed by atoms with Crippen molar-refractivity contribution in [3.63, 3.8) is 0 Å². The highest BCUT2D eigenvalue weighted by Gasteiger charge is 2.16. The summed E-state index contributed by atoms with van der Waals surface area (Å²) in [5.41, 5.74) is 9.17. The molecule has 0 aliphatic rings. The van der Waals surface area contributed by atoms with Crippen molar-refractivity contribution in [1.29, 1.82) is 0 Å². The van der Waals surface area contributed by atoms with Gasteiger partial charge in [0.05, 0.1) is 11.3 Å². The van der Waals surface area contributed by atoms with E-state index < -0.39 is 0 Å². The van der Waals surface area contributed by atoms with Gasteiger partial charge in [-0.3, -0.25) is 0 Å². The number of nitrogens with one attached hydrogen (secondary N) is 1. The van der Waals surface area contributed by atoms with Crippen molar-refractivity contribution in [3.8, 4) is 0 Å². The van der Waals surface area contributed by atoms with E-state index in [1.54, 1.807) is 12.1 Å². The van der Waals surface area contributed by atoms with Crippen molar-refractivity contribution in [3.05, 3.63) is 46.9 Å². The van der Waals surface area contributed by atoms with Crippen molar-refractivity contribution in [2.24, 2.45) is 5.73 Å². The molecule has 0 aliphatic carbocycles. The molecule has 0 saturated carbocycles. The van der Waals surface area contributed by atoms with E-state index in [-0.39, 0.29) is 10.8 Å². The van der Waals surface area contributed by atoms with Crippen LogP contribution in [0.5, 0.6) is 0 Å². The summed E-state index contributed by atoms with van der Waals surface area (Å²) in [7, 11) is 0. The molecule has 1 heterocycles. The van der Waals surface area contributed by atoms with Crippen LogP contribution in [0.15, 0.2) is 24.3 Å². The first-order valence-corrected chi connectivity index (χ1v) is 7.18. The molecule has 110 valence electrons. The predicted molar refractivity (Wildman–Crippen MR) is 86.4 cm³/mol. The molecule has 0 aliphatic heterocycles. The highest BCUT2D eigenvalue weighted by atomic mass is 32.1. The van der Waals surface area contributed by atoms with Gasteiger partial charge in [0, 0.05) is 5.69 Å². The van der Waals surface area contributed by atoms with Gasteiger partial charge in [0.25, 0.3) is 0 Å². The van der Waals surface area contributed by atoms with E-state index >= 15 is 0 Å². The van der Waals surface area contributed by atoms with Crippen LogP contribution in [-0.4, -0.2) is 15.2 Å². The summed E-state index contributed by atoms with van der Waals surface area (Å²) >= 11 is 5.16. The van der Waals surface area contributed by atoms with E-state index in [9.17, 15) is 4.39 Å². The molecule has 0 bridgehead atoms. The van der Waals surface area contributed by atoms with Crippen molar-refractivity contribution in [2.45, 2.75) is 26.7 Å². The Morgan fingerprint density at radius 3 is 2.38 bits per heavy atom. The molecule has 0 atom stereocenters. The Bertz CT molecular complexity index is 655. The molecular weight excluding hydrogens is 287 g/mol. The van der Waals surface area contributed by atoms with E-state index in [2.05, 4.69) is 15.5 Å². The smallest absolute Gasteiger partial charge is 0.163 e. The van der Waals surface area contributed by atoms with E-state index in [4.69, 9.17) is 18.0 Å². The molecule has 0 saturated heterocycles. The number of aromatic nitrogens is 2. The molecule has 0 amide bonds. The average Bonchev–Trinajstić information content (AvgIpc) is 2.48. The molecule has 2 aromatic rings. The molecule has 1 aromatic carbocycles. The van der Waals surface area contributed by atoms with Crippen molar-refractivity contribution >= 4 is 28.7 Å². The van der Waals surface area contributed by atoms with Crippen LogP contribution in [0.2, 0.25) is 0 Å². The van der Waals surface area contributed by atoms with Crippen LogP contribution in [0.4, 0.5) is 15.9 Å². The second-order valence-corrected chi connectivity index (χ2v) is 4.99. The van der Waals surface area contributed by atoms with Gasteiger partial charge in [0.2, 0.25) is 0 Å². The Hall–Kier alpha value is -2.08. The van der Waals surface area contributed by atoms with Gasteiger partial charge in [-0.15, -0.1) is 5.10 Å². The monoisotopic (exact) mass is 304 g/mol. The lowest BCUT2D eigenvalue weighted by molar-refractivity contribution is 0.628. The van der Waals surface area contributed by atoms with Gasteiger partial charge in [-0.1, -0.05) is 26.1 Å². The average molecular weight is 304 g/mol. The zero-order valence-electron chi connectivity index (χ0n) is 12.0. The van der Waals surface area contributed by atoms with Crippen LogP contribution in [-0.2, 0) is 12.8 Å². The number of aryl methyl sites for hydroxylation is 1. The number of benzene rings is 1. The van der Waals surface area contributed by atoms with Crippen molar-refractivity contribution < 1.29 is 4.39 Å². The minimum Gasteiger partial charge on any atom is -0.389 e. The first-order chi connectivity index (χ1) is 10.1. The highest BCUT2D eigenvalue weighted by molar-refractivity contribution is 7.80. The normalized spacial score (nSPS) is 10.4. The quantitative estimate of drug-likeness (QED) is 0.831. The second-order valence-electron chi connectivity index (χ2n) is 4.55. The molecular formula is C15H17FN4S. The summed E-state index contributed by atoms with van der Waals surface area (Å²) in [5.74, 6) is 0.208. The number of halogens is 1. The molecule has 0 fully saturated rings. The van der Waals surface area contributed by atoms with Crippen LogP contribution in [0.1, 0.15) is 30.7 Å². The highest BCUT2D eigenvalue weighted by Crippen LogP contribution is 2.24. The van der Waals surface area contributed by atoms with Gasteiger partial charge in [-0.25, -0.2) is 4.39 Å². The number of nitrogens with zero attached hydrogens (tertiary/aromatic N) is 2. The standard InChI is InChI=1S/C15H17FN4S/c1-3-11-12(4-2)19-20-15(13(11)14(17)21)18-10-7-5-9(16)6-8-10/h5-8H,3-4H2,1-2H3,(H2,17,21)(H,18,20). The number of thiocarbonyl (C=S) groups is 1. The Morgan fingerprint density at radius 2 is 1.86 bits per heavy atom. The molecule has 6 heteroatoms. The number of hydrogen-bond donors (Lipinski definition) is 2. The van der Waals surface area contributed by atoms with E-state index in [1.165, 1.54) is 12.1 Å². The maximum absolute atomic E-state index is 13.0. The predicted octanol–water partition coefficient (Wildman–Crippen LogP) is 3.12. The fourth-order valence-electron chi connectivity index (χ4n) is 2.20. The van der Waals surface area contributed by atoms with Crippen LogP contribution in [0.3, 0.4) is 0 Å². The number of anilines is 2. The fourth-order valence-corrected chi connectivity index (χ4v) is 2.42. The third-order valence-corrected chi connectivity index (χ3v) is 3.40. The summed E-state index contributed by atoms with van der Waals surface area (Å²) < 4.78 is 13.0. The first kappa shape index (κ1) is 15.3. The van der Waals surface area contributed by atoms with Crippen molar-refractivity contribution in [2.75, 3.05) is 5.32 Å². The van der Waals surface area contributed by atoms with Crippen molar-refractivity contribution in [1.82, 2.24) is 10.2 Å². The van der Waals surface area contributed by atoms with Gasteiger partial charge in [0.1, 0.15) is 10.8 Å². The third kappa shape index (κ3) is 3.33. The summed E-state index contributed by atoms with van der Waals surface area (Å²) in [4.78, 5) is 0.279. The van der Waals surface area contributed by atoms with E-state index in [0.717, 1.165) is 24.1 Å². The minimum absolute atomic E-state index is 0.279. The topological polar surface area (TPSA) is 63.8 Å². The summed E-state index contributed by atoms with van der Waals surface area (Å²) in [6, 6.07) is 5.99. The Kier molecular flexibility index (Phi) is 4.80. The van der Waals surface area contributed by atoms with Gasteiger partial charge in [0.15, 0.2) is 5.82 Å². The second kappa shape index (κ2) is 6.58. The zero-order chi connectivity index (χ0) is 15.4. The Morgan fingerprint density at radius 1 is 1.19 bits per heavy atom. The number of rotatable bonds is 5. The zero-order valence-corrected chi connectivity index (χ0v) is 12.8. The van der Waals surface area contributed by atoms with Gasteiger partial charge in [-0.2, -0.15) is 5.10 Å². The molecule has 0 spiro atoms. The Labute approximate surface area is 128 Å². The molecule has 21 heavy (non-hydrogen) atoms. The number of hydrogen-bond acceptors (Lipinski definition) is 4. The lowest BCUT2D eigenvalue weighted by atomic mass is 10.0. The molecule has 0 radical (unpaired) electrons. The fraction of sp³-hybridized carbons (Fsp3) is 0.267. The summed E-state index contributed by atoms with van der Waals surface area (Å²) in [6.45, 7) is 4.04. The summed E-state index contributed by atoms with van der Waals surface area (Å²) in [5, 5.41) is 11.5. The van der Waals surface area contributed by atoms with Crippen LogP contribution in [0.25, 0.3) is 0 Å². The lowest BCUT2D eigenvalue weighted by Gasteiger charge is -2.15. The maximum Gasteiger partial charge on any atom is 0.163 e. The molecule has 0 unspecified atom stereocenters. The molecule has 2 rings (SSSR count). The molecule has 3 N–H and O–H groups in total. The van der Waals surface area contributed by atoms with Gasteiger partial charge in [-0.05, 0) is 42.7 Å². The number of nitrogens with two attached hydrogens (primary N) is 1.